The minimum atomic E-state index is -4.28. The topological polar surface area (TPSA) is 127 Å². The van der Waals surface area contributed by atoms with Gasteiger partial charge < -0.3 is 14.3 Å². The quantitative estimate of drug-likeness (QED) is 0.0385. The van der Waals surface area contributed by atoms with Gasteiger partial charge in [-0.3, -0.25) is 9.59 Å². The van der Waals surface area contributed by atoms with Gasteiger partial charge in [0.15, 0.2) is 5.71 Å². The number of unbranched alkanes of at least 4 members (excludes halogenated alkanes) is 3. The molecule has 2 amide bonds. The lowest BCUT2D eigenvalue weighted by Gasteiger charge is -2.27. The number of hydrogen-bond acceptors (Lipinski definition) is 8. The van der Waals surface area contributed by atoms with Crippen LogP contribution in [0, 0.1) is 0 Å². The Hall–Kier alpha value is -5.39. The van der Waals surface area contributed by atoms with E-state index >= 15 is 0 Å². The molecule has 3 aliphatic rings. The molecule has 0 spiro atoms. The molecule has 302 valence electrons. The number of benzene rings is 4. The van der Waals surface area contributed by atoms with E-state index in [1.54, 1.807) is 0 Å². The van der Waals surface area contributed by atoms with Crippen molar-refractivity contribution in [3.8, 4) is 0 Å². The van der Waals surface area contributed by atoms with Crippen LogP contribution in [0.25, 0.3) is 21.5 Å². The average Bonchev–Trinajstić information content (AvgIpc) is 3.70. The second-order valence-corrected chi connectivity index (χ2v) is 17.9. The smallest absolute Gasteiger partial charge is 0.333 e. The zero-order valence-corrected chi connectivity index (χ0v) is 34.5. The Labute approximate surface area is 340 Å². The van der Waals surface area contributed by atoms with Crippen molar-refractivity contribution in [1.29, 1.82) is 0 Å². The number of fused-ring (bicyclic) bond motifs is 6. The molecule has 4 aromatic rings. The van der Waals surface area contributed by atoms with Crippen molar-refractivity contribution < 1.29 is 36.8 Å². The van der Waals surface area contributed by atoms with E-state index in [9.17, 15) is 27.4 Å². The summed E-state index contributed by atoms with van der Waals surface area (Å²) in [7, 11) is -4.28. The highest BCUT2D eigenvalue weighted by Gasteiger charge is 2.45. The van der Waals surface area contributed by atoms with Crippen molar-refractivity contribution in [3.63, 3.8) is 0 Å². The maximum absolute atomic E-state index is 12.4. The van der Waals surface area contributed by atoms with Gasteiger partial charge in [-0.1, -0.05) is 86.7 Å². The number of carbonyl (C=O) groups is 3. The molecular weight excluding hydrogens is 751 g/mol. The number of amides is 2. The van der Waals surface area contributed by atoms with Crippen LogP contribution in [0.2, 0.25) is 0 Å². The molecule has 11 heteroatoms. The van der Waals surface area contributed by atoms with E-state index < -0.39 is 27.9 Å². The third kappa shape index (κ3) is 8.15. The Bertz CT molecular complexity index is 2510. The van der Waals surface area contributed by atoms with E-state index in [0.717, 1.165) is 47.6 Å². The molecule has 0 bridgehead atoms. The molecule has 3 heterocycles. The van der Waals surface area contributed by atoms with Crippen LogP contribution in [0.5, 0.6) is 0 Å². The van der Waals surface area contributed by atoms with E-state index in [4.69, 9.17) is 4.84 Å². The van der Waals surface area contributed by atoms with Crippen LogP contribution in [-0.2, 0) is 40.2 Å². The summed E-state index contributed by atoms with van der Waals surface area (Å²) >= 11 is 0. The molecule has 10 nitrogen and oxygen atoms in total. The molecule has 0 unspecified atom stereocenters. The van der Waals surface area contributed by atoms with Crippen LogP contribution in [-0.4, -0.2) is 64.9 Å². The van der Waals surface area contributed by atoms with Crippen molar-refractivity contribution in [2.24, 2.45) is 0 Å². The van der Waals surface area contributed by atoms with Crippen LogP contribution in [0.4, 0.5) is 11.4 Å². The van der Waals surface area contributed by atoms with Gasteiger partial charge in [-0.15, -0.1) is 5.06 Å². The SMILES string of the molecule is CC1(C)C(=CC=CC=CC2=[N+](CCCCCC(=O)ON3C(=O)CCC3=O)c3ccc4ccccc4c3C2(C)C)N(CCCCS(=O)(=O)[O-])c2ccc3ccccc3c21. The molecule has 58 heavy (non-hydrogen) atoms. The van der Waals surface area contributed by atoms with E-state index in [1.807, 2.05) is 6.07 Å². The predicted octanol–water partition coefficient (Wildman–Crippen LogP) is 8.66. The highest BCUT2D eigenvalue weighted by Crippen LogP contribution is 2.51. The maximum Gasteiger partial charge on any atom is 0.333 e. The minimum Gasteiger partial charge on any atom is -0.748 e. The summed E-state index contributed by atoms with van der Waals surface area (Å²) < 4.78 is 36.4. The molecule has 0 N–H and O–H groups in total. The first-order valence-corrected chi connectivity index (χ1v) is 21.8. The van der Waals surface area contributed by atoms with Crippen molar-refractivity contribution in [1.82, 2.24) is 5.06 Å². The molecule has 0 radical (unpaired) electrons. The normalized spacial score (nSPS) is 18.2. The molecule has 0 saturated carbocycles. The van der Waals surface area contributed by atoms with Gasteiger partial charge in [0.2, 0.25) is 5.69 Å². The van der Waals surface area contributed by atoms with E-state index in [1.165, 1.54) is 27.3 Å². The van der Waals surface area contributed by atoms with Gasteiger partial charge in [0.05, 0.1) is 15.5 Å². The third-order valence-electron chi connectivity index (χ3n) is 11.7. The fourth-order valence-electron chi connectivity index (χ4n) is 8.98. The van der Waals surface area contributed by atoms with Crippen LogP contribution in [0.15, 0.2) is 109 Å². The van der Waals surface area contributed by atoms with E-state index in [0.29, 0.717) is 30.9 Å². The van der Waals surface area contributed by atoms with Gasteiger partial charge in [-0.25, -0.2) is 13.2 Å². The van der Waals surface area contributed by atoms with Gasteiger partial charge >= 0.3 is 5.97 Å². The second-order valence-electron chi connectivity index (χ2n) is 16.4. The number of imide groups is 1. The lowest BCUT2D eigenvalue weighted by molar-refractivity contribution is -0.438. The van der Waals surface area contributed by atoms with Gasteiger partial charge in [0, 0.05) is 72.5 Å². The van der Waals surface area contributed by atoms with Gasteiger partial charge in [-0.05, 0) is 84.8 Å². The highest BCUT2D eigenvalue weighted by molar-refractivity contribution is 7.85. The fraction of sp³-hybridized carbons (Fsp3) is 0.362. The number of hydroxylamine groups is 2. The molecule has 0 aromatic heterocycles. The molecule has 7 rings (SSSR count). The monoisotopic (exact) mass is 801 g/mol. The number of hydrogen-bond donors (Lipinski definition) is 0. The molecule has 0 aliphatic carbocycles. The van der Waals surface area contributed by atoms with Crippen LogP contribution >= 0.6 is 0 Å². The summed E-state index contributed by atoms with van der Waals surface area (Å²) in [5.74, 6) is -1.89. The van der Waals surface area contributed by atoms with Gasteiger partial charge in [0.1, 0.15) is 6.54 Å². The number of anilines is 1. The van der Waals surface area contributed by atoms with Crippen LogP contribution in [0.3, 0.4) is 0 Å². The largest absolute Gasteiger partial charge is 0.748 e. The summed E-state index contributed by atoms with van der Waals surface area (Å²) in [6.45, 7) is 10.3. The Balaban J connectivity index is 1.12. The molecule has 1 saturated heterocycles. The zero-order chi connectivity index (χ0) is 41.2. The first kappa shape index (κ1) is 40.8. The van der Waals surface area contributed by atoms with Crippen molar-refractivity contribution >= 4 is 66.5 Å². The summed E-state index contributed by atoms with van der Waals surface area (Å²) in [4.78, 5) is 43.4. The van der Waals surface area contributed by atoms with Crippen LogP contribution < -0.4 is 4.90 Å². The maximum atomic E-state index is 12.4. The Kier molecular flexibility index (Phi) is 11.6. The summed E-state index contributed by atoms with van der Waals surface area (Å²) in [6.07, 6.45) is 13.8. The fourth-order valence-corrected chi connectivity index (χ4v) is 9.54. The summed E-state index contributed by atoms with van der Waals surface area (Å²) in [5.41, 5.74) is 6.40. The lowest BCUT2D eigenvalue weighted by atomic mass is 9.79. The van der Waals surface area contributed by atoms with Crippen LogP contribution in [0.1, 0.15) is 90.2 Å². The molecule has 1 fully saturated rings. The predicted molar refractivity (Wildman–Crippen MR) is 227 cm³/mol. The molecule has 4 aromatic carbocycles. The molecular formula is C47H51N3O7S. The Morgan fingerprint density at radius 1 is 0.776 bits per heavy atom. The van der Waals surface area contributed by atoms with E-state index in [-0.39, 0.29) is 35.8 Å². The first-order chi connectivity index (χ1) is 27.7. The van der Waals surface area contributed by atoms with E-state index in [2.05, 4.69) is 134 Å². The number of nitrogens with zero attached hydrogens (tertiary/aromatic N) is 3. The van der Waals surface area contributed by atoms with Gasteiger partial charge in [-0.2, -0.15) is 4.58 Å². The summed E-state index contributed by atoms with van der Waals surface area (Å²) in [6, 6.07) is 25.5. The second kappa shape index (κ2) is 16.5. The highest BCUT2D eigenvalue weighted by atomic mass is 32.2. The average molecular weight is 802 g/mol. The van der Waals surface area contributed by atoms with Crippen molar-refractivity contribution in [3.05, 3.63) is 120 Å². The molecule has 0 atom stereocenters. The zero-order valence-electron chi connectivity index (χ0n) is 33.7. The van der Waals surface area contributed by atoms with Crippen molar-refractivity contribution in [2.75, 3.05) is 23.7 Å². The number of rotatable bonds is 15. The Morgan fingerprint density at radius 3 is 2.12 bits per heavy atom. The Morgan fingerprint density at radius 2 is 1.43 bits per heavy atom. The minimum absolute atomic E-state index is 0.0709. The van der Waals surface area contributed by atoms with Crippen molar-refractivity contribution in [2.45, 2.75) is 89.9 Å². The third-order valence-corrected chi connectivity index (χ3v) is 12.5. The number of allylic oxidation sites excluding steroid dienone is 6. The standard InChI is InChI=1S/C47H51N3O7S/c1-46(2)39(48(37-26-24-33-17-10-12-19-35(33)44(37)46)30-14-6-9-23-43(53)57-50-41(51)28-29-42(50)52)21-7-5-8-22-40-47(3,4)45-36-20-13-11-18-34(36)25-27-38(45)49(40)31-15-16-32-58(54,55)56/h5,7-8,10-13,17-22,24-27H,6,9,14-16,23,28-32H2,1-4H3. The number of carbonyl (C=O) groups excluding carboxylic acids is 3. The lowest BCUT2D eigenvalue weighted by Crippen LogP contribution is -2.31. The first-order valence-electron chi connectivity index (χ1n) is 20.2. The molecule has 3 aliphatic heterocycles. The summed E-state index contributed by atoms with van der Waals surface area (Å²) in [5, 5.41) is 5.36. The van der Waals surface area contributed by atoms with Gasteiger partial charge in [0.25, 0.3) is 11.8 Å².